The summed E-state index contributed by atoms with van der Waals surface area (Å²) >= 11 is 0. The van der Waals surface area contributed by atoms with Crippen LogP contribution in [0.1, 0.15) is 27.2 Å². The van der Waals surface area contributed by atoms with E-state index >= 15 is 0 Å². The molecular formula is C15H22F2N4O2. The van der Waals surface area contributed by atoms with E-state index in [9.17, 15) is 13.6 Å². The van der Waals surface area contributed by atoms with Gasteiger partial charge in [0.2, 0.25) is 0 Å². The summed E-state index contributed by atoms with van der Waals surface area (Å²) in [5.74, 6) is -2.94. The SMILES string of the molecule is CC(C)(C)OC(=O)N[C@@H]1CN(c2ccncc2N)CC(F)(F)C1. The number of nitrogens with two attached hydrogens (primary N) is 1. The normalized spacial score (nSPS) is 20.9. The topological polar surface area (TPSA) is 80.5 Å². The van der Waals surface area contributed by atoms with Crippen LogP contribution in [-0.2, 0) is 4.74 Å². The Bertz CT molecular complexity index is 575. The van der Waals surface area contributed by atoms with Crippen LogP contribution in [0.5, 0.6) is 0 Å². The minimum absolute atomic E-state index is 0.225. The molecule has 0 bridgehead atoms. The highest BCUT2D eigenvalue weighted by Crippen LogP contribution is 2.32. The van der Waals surface area contributed by atoms with Crippen molar-refractivity contribution in [1.82, 2.24) is 10.3 Å². The first-order valence-electron chi connectivity index (χ1n) is 7.37. The number of nitrogen functional groups attached to an aromatic ring is 1. The van der Waals surface area contributed by atoms with Crippen LogP contribution in [0.3, 0.4) is 0 Å². The summed E-state index contributed by atoms with van der Waals surface area (Å²) in [5.41, 5.74) is 5.93. The molecule has 6 nitrogen and oxygen atoms in total. The fourth-order valence-electron chi connectivity index (χ4n) is 2.54. The number of halogens is 2. The first-order chi connectivity index (χ1) is 10.6. The van der Waals surface area contributed by atoms with Gasteiger partial charge in [0.25, 0.3) is 5.92 Å². The average molecular weight is 328 g/mol. The molecule has 0 aromatic carbocycles. The van der Waals surface area contributed by atoms with Gasteiger partial charge in [-0.15, -0.1) is 0 Å². The molecule has 1 saturated heterocycles. The predicted molar refractivity (Wildman–Crippen MR) is 83.6 cm³/mol. The smallest absolute Gasteiger partial charge is 0.407 e. The predicted octanol–water partition coefficient (Wildman–Crippen LogP) is 2.40. The molecule has 1 aliphatic heterocycles. The van der Waals surface area contributed by atoms with Crippen molar-refractivity contribution in [3.63, 3.8) is 0 Å². The zero-order valence-corrected chi connectivity index (χ0v) is 13.5. The lowest BCUT2D eigenvalue weighted by molar-refractivity contribution is -0.0229. The van der Waals surface area contributed by atoms with Crippen LogP contribution in [0.4, 0.5) is 25.0 Å². The number of nitrogens with zero attached hydrogens (tertiary/aromatic N) is 2. The molecule has 1 atom stereocenters. The molecule has 1 aromatic rings. The highest BCUT2D eigenvalue weighted by atomic mass is 19.3. The number of amides is 1. The Balaban J connectivity index is 2.10. The van der Waals surface area contributed by atoms with Gasteiger partial charge in [-0.1, -0.05) is 0 Å². The van der Waals surface area contributed by atoms with Crippen LogP contribution in [0, 0.1) is 0 Å². The first kappa shape index (κ1) is 17.2. The summed E-state index contributed by atoms with van der Waals surface area (Å²) < 4.78 is 33.2. The Morgan fingerprint density at radius 2 is 2.22 bits per heavy atom. The van der Waals surface area contributed by atoms with Gasteiger partial charge >= 0.3 is 6.09 Å². The van der Waals surface area contributed by atoms with Crippen LogP contribution in [0.2, 0.25) is 0 Å². The number of alkyl carbamates (subject to hydrolysis) is 1. The van der Waals surface area contributed by atoms with Gasteiger partial charge in [0, 0.05) is 19.2 Å². The number of carbonyl (C=O) groups excluding carboxylic acids is 1. The maximum absolute atomic E-state index is 14.0. The molecule has 2 heterocycles. The molecule has 0 aliphatic carbocycles. The molecule has 0 unspecified atom stereocenters. The Morgan fingerprint density at radius 1 is 1.52 bits per heavy atom. The van der Waals surface area contributed by atoms with Crippen LogP contribution in [-0.4, -0.2) is 41.7 Å². The largest absolute Gasteiger partial charge is 0.444 e. The molecule has 0 spiro atoms. The van der Waals surface area contributed by atoms with Crippen molar-refractivity contribution in [2.24, 2.45) is 0 Å². The lowest BCUT2D eigenvalue weighted by Gasteiger charge is -2.39. The Hall–Kier alpha value is -2.12. The van der Waals surface area contributed by atoms with Crippen molar-refractivity contribution in [2.45, 2.75) is 44.8 Å². The summed E-state index contributed by atoms with van der Waals surface area (Å²) in [7, 11) is 0. The molecule has 1 aromatic heterocycles. The van der Waals surface area contributed by atoms with Gasteiger partial charge in [-0.25, -0.2) is 13.6 Å². The number of ether oxygens (including phenoxy) is 1. The standard InChI is InChI=1S/C15H22F2N4O2/c1-14(2,3)23-13(22)20-10-6-15(16,17)9-21(8-10)12-4-5-19-7-11(12)18/h4-5,7,10H,6,8-9,18H2,1-3H3,(H,20,22)/t10-/m0/s1. The van der Waals surface area contributed by atoms with E-state index in [-0.39, 0.29) is 6.54 Å². The van der Waals surface area contributed by atoms with Gasteiger partial charge < -0.3 is 20.7 Å². The lowest BCUT2D eigenvalue weighted by Crippen LogP contribution is -2.56. The molecule has 23 heavy (non-hydrogen) atoms. The first-order valence-corrected chi connectivity index (χ1v) is 7.37. The van der Waals surface area contributed by atoms with Crippen molar-refractivity contribution < 1.29 is 18.3 Å². The zero-order valence-electron chi connectivity index (χ0n) is 13.5. The summed E-state index contributed by atoms with van der Waals surface area (Å²) in [5, 5.41) is 2.51. The van der Waals surface area contributed by atoms with Crippen LogP contribution >= 0.6 is 0 Å². The van der Waals surface area contributed by atoms with Crippen molar-refractivity contribution >= 4 is 17.5 Å². The van der Waals surface area contributed by atoms with E-state index in [2.05, 4.69) is 10.3 Å². The van der Waals surface area contributed by atoms with Crippen molar-refractivity contribution in [3.8, 4) is 0 Å². The number of carbonyl (C=O) groups is 1. The number of hydrogen-bond donors (Lipinski definition) is 2. The number of hydrogen-bond acceptors (Lipinski definition) is 5. The number of nitrogens with one attached hydrogen (secondary N) is 1. The van der Waals surface area contributed by atoms with Gasteiger partial charge in [-0.2, -0.15) is 0 Å². The minimum atomic E-state index is -2.94. The maximum atomic E-state index is 14.0. The number of aromatic nitrogens is 1. The summed E-state index contributed by atoms with van der Waals surface area (Å²) in [4.78, 5) is 17.1. The van der Waals surface area contributed by atoms with E-state index in [1.54, 1.807) is 26.8 Å². The van der Waals surface area contributed by atoms with E-state index in [1.165, 1.54) is 17.3 Å². The van der Waals surface area contributed by atoms with E-state index < -0.39 is 36.6 Å². The Labute approximate surface area is 134 Å². The fraction of sp³-hybridized carbons (Fsp3) is 0.600. The quantitative estimate of drug-likeness (QED) is 0.871. The molecule has 1 amide bonds. The van der Waals surface area contributed by atoms with E-state index in [1.807, 2.05) is 0 Å². The molecular weight excluding hydrogens is 306 g/mol. The molecule has 1 fully saturated rings. The molecule has 128 valence electrons. The van der Waals surface area contributed by atoms with Crippen molar-refractivity contribution in [1.29, 1.82) is 0 Å². The summed E-state index contributed by atoms with van der Waals surface area (Å²) in [6.45, 7) is 4.92. The van der Waals surface area contributed by atoms with E-state index in [0.29, 0.717) is 11.4 Å². The second-order valence-electron chi connectivity index (χ2n) is 6.72. The van der Waals surface area contributed by atoms with Gasteiger partial charge in [0.15, 0.2) is 0 Å². The molecule has 8 heteroatoms. The zero-order chi connectivity index (χ0) is 17.3. The third kappa shape index (κ3) is 4.94. The molecule has 0 saturated carbocycles. The Morgan fingerprint density at radius 3 is 2.83 bits per heavy atom. The second kappa shape index (κ2) is 6.17. The minimum Gasteiger partial charge on any atom is -0.444 e. The van der Waals surface area contributed by atoms with Crippen LogP contribution in [0.25, 0.3) is 0 Å². The van der Waals surface area contributed by atoms with E-state index in [0.717, 1.165) is 0 Å². The van der Waals surface area contributed by atoms with Gasteiger partial charge in [-0.3, -0.25) is 4.98 Å². The number of piperidine rings is 1. The molecule has 1 aliphatic rings. The van der Waals surface area contributed by atoms with Crippen molar-refractivity contribution in [2.75, 3.05) is 23.7 Å². The maximum Gasteiger partial charge on any atom is 0.407 e. The third-order valence-electron chi connectivity index (χ3n) is 3.30. The highest BCUT2D eigenvalue weighted by Gasteiger charge is 2.41. The number of rotatable bonds is 2. The number of pyridine rings is 1. The molecule has 3 N–H and O–H groups in total. The van der Waals surface area contributed by atoms with Gasteiger partial charge in [-0.05, 0) is 26.8 Å². The number of anilines is 2. The van der Waals surface area contributed by atoms with Crippen molar-refractivity contribution in [3.05, 3.63) is 18.5 Å². The van der Waals surface area contributed by atoms with Crippen LogP contribution < -0.4 is 16.0 Å². The molecule has 2 rings (SSSR count). The highest BCUT2D eigenvalue weighted by molar-refractivity contribution is 5.69. The van der Waals surface area contributed by atoms with Gasteiger partial charge in [0.05, 0.1) is 30.2 Å². The van der Waals surface area contributed by atoms with Crippen LogP contribution in [0.15, 0.2) is 18.5 Å². The average Bonchev–Trinajstić information content (AvgIpc) is 2.34. The number of alkyl halides is 2. The Kier molecular flexibility index (Phi) is 4.63. The second-order valence-corrected chi connectivity index (χ2v) is 6.72. The fourth-order valence-corrected chi connectivity index (χ4v) is 2.54. The third-order valence-corrected chi connectivity index (χ3v) is 3.30. The van der Waals surface area contributed by atoms with E-state index in [4.69, 9.17) is 10.5 Å². The lowest BCUT2D eigenvalue weighted by atomic mass is 10.0. The summed E-state index contributed by atoms with van der Waals surface area (Å²) in [6, 6.07) is 0.850. The molecule has 0 radical (unpaired) electrons. The van der Waals surface area contributed by atoms with Gasteiger partial charge in [0.1, 0.15) is 5.60 Å². The summed E-state index contributed by atoms with van der Waals surface area (Å²) in [6.07, 6.45) is 1.77. The monoisotopic (exact) mass is 328 g/mol.